The van der Waals surface area contributed by atoms with Gasteiger partial charge in [0.1, 0.15) is 10.9 Å². The van der Waals surface area contributed by atoms with E-state index >= 15 is 0 Å². The summed E-state index contributed by atoms with van der Waals surface area (Å²) in [6.07, 6.45) is 1.83. The van der Waals surface area contributed by atoms with E-state index < -0.39 is 5.60 Å². The SMILES string of the molecule is C=CC(c1ccccc1)C(Sc1ccccc1)C(=O)OC(C)(C)C. The second-order valence-corrected chi connectivity index (χ2v) is 7.77. The molecule has 0 heterocycles. The predicted molar refractivity (Wildman–Crippen MR) is 101 cm³/mol. The van der Waals surface area contributed by atoms with E-state index in [1.54, 1.807) is 0 Å². The average molecular weight is 340 g/mol. The Bertz CT molecular complexity index is 659. The summed E-state index contributed by atoms with van der Waals surface area (Å²) in [5, 5.41) is -0.383. The van der Waals surface area contributed by atoms with Crippen molar-refractivity contribution in [2.45, 2.75) is 42.4 Å². The average Bonchev–Trinajstić information content (AvgIpc) is 2.55. The van der Waals surface area contributed by atoms with Crippen LogP contribution in [0, 0.1) is 0 Å². The number of rotatable bonds is 6. The van der Waals surface area contributed by atoms with Crippen molar-refractivity contribution >= 4 is 17.7 Å². The molecule has 2 nitrogen and oxygen atoms in total. The molecule has 0 saturated heterocycles. The maximum atomic E-state index is 12.8. The normalized spacial score (nSPS) is 13.8. The molecule has 0 aliphatic heterocycles. The number of thioether (sulfide) groups is 1. The Morgan fingerprint density at radius 1 is 1.04 bits per heavy atom. The van der Waals surface area contributed by atoms with Crippen molar-refractivity contribution in [1.29, 1.82) is 0 Å². The molecule has 2 aromatic rings. The quantitative estimate of drug-likeness (QED) is 0.397. The summed E-state index contributed by atoms with van der Waals surface area (Å²) >= 11 is 1.52. The molecule has 0 amide bonds. The molecule has 2 atom stereocenters. The highest BCUT2D eigenvalue weighted by molar-refractivity contribution is 8.00. The monoisotopic (exact) mass is 340 g/mol. The first-order valence-corrected chi connectivity index (χ1v) is 8.91. The summed E-state index contributed by atoms with van der Waals surface area (Å²) in [6.45, 7) is 9.63. The van der Waals surface area contributed by atoms with E-state index in [4.69, 9.17) is 4.74 Å². The third-order valence-electron chi connectivity index (χ3n) is 3.41. The van der Waals surface area contributed by atoms with Crippen LogP contribution in [-0.4, -0.2) is 16.8 Å². The van der Waals surface area contributed by atoms with Crippen molar-refractivity contribution in [3.05, 3.63) is 78.9 Å². The highest BCUT2D eigenvalue weighted by Crippen LogP contribution is 2.36. The van der Waals surface area contributed by atoms with Crippen LogP contribution in [0.25, 0.3) is 0 Å². The van der Waals surface area contributed by atoms with Crippen molar-refractivity contribution in [1.82, 2.24) is 0 Å². The van der Waals surface area contributed by atoms with E-state index in [-0.39, 0.29) is 17.1 Å². The Hall–Kier alpha value is -2.00. The molecular formula is C21H24O2S. The Kier molecular flexibility index (Phi) is 6.27. The molecule has 24 heavy (non-hydrogen) atoms. The molecule has 3 heteroatoms. The molecular weight excluding hydrogens is 316 g/mol. The van der Waals surface area contributed by atoms with E-state index in [2.05, 4.69) is 6.58 Å². The molecule has 0 aromatic heterocycles. The first-order chi connectivity index (χ1) is 11.4. The first kappa shape index (κ1) is 18.3. The molecule has 0 N–H and O–H groups in total. The Morgan fingerprint density at radius 2 is 1.58 bits per heavy atom. The van der Waals surface area contributed by atoms with Gasteiger partial charge >= 0.3 is 5.97 Å². The molecule has 0 aliphatic rings. The third-order valence-corrected chi connectivity index (χ3v) is 4.69. The van der Waals surface area contributed by atoms with Crippen LogP contribution in [0.4, 0.5) is 0 Å². The topological polar surface area (TPSA) is 26.3 Å². The zero-order valence-corrected chi connectivity index (χ0v) is 15.3. The van der Waals surface area contributed by atoms with Gasteiger partial charge in [0.05, 0.1) is 0 Å². The lowest BCUT2D eigenvalue weighted by molar-refractivity contribution is -0.154. The summed E-state index contributed by atoms with van der Waals surface area (Å²) in [5.74, 6) is -0.337. The summed E-state index contributed by atoms with van der Waals surface area (Å²) < 4.78 is 5.67. The highest BCUT2D eigenvalue weighted by Gasteiger charge is 2.32. The lowest BCUT2D eigenvalue weighted by atomic mass is 9.95. The number of allylic oxidation sites excluding steroid dienone is 1. The fourth-order valence-corrected chi connectivity index (χ4v) is 3.55. The Balaban J connectivity index is 2.33. The van der Waals surface area contributed by atoms with Gasteiger partial charge in [0.25, 0.3) is 0 Å². The van der Waals surface area contributed by atoms with Gasteiger partial charge in [-0.15, -0.1) is 18.3 Å². The minimum absolute atomic E-state index is 0.119. The number of benzene rings is 2. The fraction of sp³-hybridized carbons (Fsp3) is 0.286. The van der Waals surface area contributed by atoms with Gasteiger partial charge in [-0.1, -0.05) is 54.6 Å². The minimum atomic E-state index is -0.519. The van der Waals surface area contributed by atoms with Gasteiger partial charge in [0, 0.05) is 10.8 Å². The molecule has 0 fully saturated rings. The predicted octanol–water partition coefficient (Wildman–Crippen LogP) is 5.46. The molecule has 2 unspecified atom stereocenters. The summed E-state index contributed by atoms with van der Waals surface area (Å²) in [7, 11) is 0. The van der Waals surface area contributed by atoms with Crippen molar-refractivity contribution in [2.24, 2.45) is 0 Å². The third kappa shape index (κ3) is 5.27. The number of hydrogen-bond acceptors (Lipinski definition) is 3. The molecule has 0 spiro atoms. The summed E-state index contributed by atoms with van der Waals surface area (Å²) in [4.78, 5) is 13.9. The van der Waals surface area contributed by atoms with E-state index in [0.717, 1.165) is 10.5 Å². The number of carbonyl (C=O) groups excluding carboxylic acids is 1. The number of carbonyl (C=O) groups is 1. The van der Waals surface area contributed by atoms with Crippen LogP contribution in [-0.2, 0) is 9.53 Å². The lowest BCUT2D eigenvalue weighted by Gasteiger charge is -2.27. The second-order valence-electron chi connectivity index (χ2n) is 6.56. The van der Waals surface area contributed by atoms with Gasteiger partial charge in [-0.2, -0.15) is 0 Å². The Labute approximate surface area is 148 Å². The fourth-order valence-electron chi connectivity index (χ4n) is 2.38. The maximum Gasteiger partial charge on any atom is 0.320 e. The van der Waals surface area contributed by atoms with Gasteiger partial charge in [0.15, 0.2) is 0 Å². The van der Waals surface area contributed by atoms with E-state index in [9.17, 15) is 4.79 Å². The number of ether oxygens (including phenoxy) is 1. The molecule has 0 saturated carbocycles. The van der Waals surface area contributed by atoms with Crippen LogP contribution in [0.3, 0.4) is 0 Å². The van der Waals surface area contributed by atoms with E-state index in [1.807, 2.05) is 87.5 Å². The summed E-state index contributed by atoms with van der Waals surface area (Å²) in [6, 6.07) is 19.9. The van der Waals surface area contributed by atoms with Crippen molar-refractivity contribution in [3.63, 3.8) is 0 Å². The van der Waals surface area contributed by atoms with Crippen LogP contribution in [0.1, 0.15) is 32.3 Å². The lowest BCUT2D eigenvalue weighted by Crippen LogP contribution is -2.33. The van der Waals surface area contributed by atoms with Gasteiger partial charge in [0.2, 0.25) is 0 Å². The number of esters is 1. The zero-order chi connectivity index (χ0) is 17.6. The molecule has 126 valence electrons. The van der Waals surface area contributed by atoms with Crippen molar-refractivity contribution in [2.75, 3.05) is 0 Å². The minimum Gasteiger partial charge on any atom is -0.459 e. The van der Waals surface area contributed by atoms with Gasteiger partial charge in [-0.3, -0.25) is 4.79 Å². The van der Waals surface area contributed by atoms with Crippen LogP contribution in [0.15, 0.2) is 78.2 Å². The van der Waals surface area contributed by atoms with Crippen LogP contribution < -0.4 is 0 Å². The van der Waals surface area contributed by atoms with Gasteiger partial charge in [-0.05, 0) is 38.5 Å². The number of hydrogen-bond donors (Lipinski definition) is 0. The zero-order valence-electron chi connectivity index (χ0n) is 14.4. The van der Waals surface area contributed by atoms with Crippen molar-refractivity contribution < 1.29 is 9.53 Å². The summed E-state index contributed by atoms with van der Waals surface area (Å²) in [5.41, 5.74) is 0.543. The van der Waals surface area contributed by atoms with Gasteiger partial charge < -0.3 is 4.74 Å². The molecule has 0 radical (unpaired) electrons. The van der Waals surface area contributed by atoms with E-state index in [1.165, 1.54) is 11.8 Å². The molecule has 0 aliphatic carbocycles. The second kappa shape index (κ2) is 8.20. The molecule has 0 bridgehead atoms. The van der Waals surface area contributed by atoms with Crippen LogP contribution in [0.2, 0.25) is 0 Å². The smallest absolute Gasteiger partial charge is 0.320 e. The Morgan fingerprint density at radius 3 is 2.08 bits per heavy atom. The first-order valence-electron chi connectivity index (χ1n) is 8.03. The van der Waals surface area contributed by atoms with Crippen molar-refractivity contribution in [3.8, 4) is 0 Å². The standard InChI is InChI=1S/C21H24O2S/c1-5-18(16-12-8-6-9-13-16)19(20(22)23-21(2,3)4)24-17-14-10-7-11-15-17/h5-15,18-19H,1H2,2-4H3. The van der Waals surface area contributed by atoms with Crippen LogP contribution >= 0.6 is 11.8 Å². The van der Waals surface area contributed by atoms with Crippen LogP contribution in [0.5, 0.6) is 0 Å². The molecule has 2 rings (SSSR count). The molecule has 2 aromatic carbocycles. The largest absolute Gasteiger partial charge is 0.459 e. The van der Waals surface area contributed by atoms with Gasteiger partial charge in [-0.25, -0.2) is 0 Å². The maximum absolute atomic E-state index is 12.8. The van der Waals surface area contributed by atoms with E-state index in [0.29, 0.717) is 0 Å². The highest BCUT2D eigenvalue weighted by atomic mass is 32.2.